The summed E-state index contributed by atoms with van der Waals surface area (Å²) in [6, 6.07) is 11.4. The van der Waals surface area contributed by atoms with E-state index in [0.717, 1.165) is 22.8 Å². The molecule has 34 heavy (non-hydrogen) atoms. The number of nitrogens with one attached hydrogen (secondary N) is 1. The summed E-state index contributed by atoms with van der Waals surface area (Å²) in [5.41, 5.74) is 6.12. The molecule has 7 nitrogen and oxygen atoms in total. The molecular formula is C25H22F2N6O. The molecule has 0 fully saturated rings. The lowest BCUT2D eigenvalue weighted by Gasteiger charge is -2.06. The zero-order chi connectivity index (χ0) is 23.8. The number of aromatic nitrogens is 5. The van der Waals surface area contributed by atoms with Gasteiger partial charge in [0.05, 0.1) is 5.69 Å². The summed E-state index contributed by atoms with van der Waals surface area (Å²) in [5.74, 6) is -0.959. The molecule has 0 bridgehead atoms. The van der Waals surface area contributed by atoms with Crippen LogP contribution >= 0.6 is 0 Å². The number of nitrogens with zero attached hydrogens (tertiary/aromatic N) is 5. The lowest BCUT2D eigenvalue weighted by atomic mass is 10.0. The second-order valence-corrected chi connectivity index (χ2v) is 8.32. The Bertz CT molecular complexity index is 1520. The molecule has 0 aliphatic heterocycles. The van der Waals surface area contributed by atoms with Crippen LogP contribution in [0.15, 0.2) is 54.9 Å². The summed E-state index contributed by atoms with van der Waals surface area (Å²) < 4.78 is 30.2. The van der Waals surface area contributed by atoms with Crippen LogP contribution in [0.1, 0.15) is 28.9 Å². The normalized spacial score (nSPS) is 11.4. The number of benzene rings is 2. The van der Waals surface area contributed by atoms with Crippen molar-refractivity contribution < 1.29 is 13.6 Å². The van der Waals surface area contributed by atoms with Crippen LogP contribution in [0.25, 0.3) is 22.4 Å². The van der Waals surface area contributed by atoms with Crippen molar-refractivity contribution in [2.45, 2.75) is 33.2 Å². The van der Waals surface area contributed by atoms with Gasteiger partial charge >= 0.3 is 0 Å². The van der Waals surface area contributed by atoms with Gasteiger partial charge in [0.15, 0.2) is 5.65 Å². The van der Waals surface area contributed by atoms with E-state index in [-0.39, 0.29) is 18.9 Å². The molecule has 0 aliphatic carbocycles. The first-order valence-corrected chi connectivity index (χ1v) is 10.9. The molecule has 0 aliphatic rings. The van der Waals surface area contributed by atoms with Crippen LogP contribution in [-0.2, 0) is 17.8 Å². The standard InChI is InChI=1S/C25H22F2N6O/c1-15-3-4-18(9-16(15)2)21-13-22-25-30-29-23(32(25)7-8-33(22)31-21)5-6-24(34)28-14-17-10-19(26)12-20(27)11-17/h3-4,7-13H,5-6,14H2,1-2H3,(H,28,34). The van der Waals surface area contributed by atoms with E-state index in [9.17, 15) is 13.6 Å². The maximum absolute atomic E-state index is 13.3. The Kier molecular flexibility index (Phi) is 5.53. The molecule has 172 valence electrons. The number of amides is 1. The fourth-order valence-electron chi connectivity index (χ4n) is 3.90. The number of carbonyl (C=O) groups excluding carboxylic acids is 1. The van der Waals surface area contributed by atoms with Crippen molar-refractivity contribution in [2.75, 3.05) is 0 Å². The van der Waals surface area contributed by atoms with Gasteiger partial charge in [-0.05, 0) is 54.8 Å². The van der Waals surface area contributed by atoms with Crippen molar-refractivity contribution in [3.63, 3.8) is 0 Å². The monoisotopic (exact) mass is 460 g/mol. The first-order valence-electron chi connectivity index (χ1n) is 10.9. The zero-order valence-electron chi connectivity index (χ0n) is 18.7. The van der Waals surface area contributed by atoms with Gasteiger partial charge in [0.1, 0.15) is 23.0 Å². The van der Waals surface area contributed by atoms with Gasteiger partial charge in [0.25, 0.3) is 0 Å². The predicted molar refractivity (Wildman–Crippen MR) is 123 cm³/mol. The van der Waals surface area contributed by atoms with Crippen LogP contribution in [0.2, 0.25) is 0 Å². The van der Waals surface area contributed by atoms with E-state index in [0.29, 0.717) is 23.5 Å². The van der Waals surface area contributed by atoms with E-state index in [4.69, 9.17) is 0 Å². The third-order valence-corrected chi connectivity index (χ3v) is 5.88. The molecule has 2 aromatic carbocycles. The summed E-state index contributed by atoms with van der Waals surface area (Å²) in [5, 5.41) is 15.9. The smallest absolute Gasteiger partial charge is 0.220 e. The van der Waals surface area contributed by atoms with Crippen LogP contribution in [0.5, 0.6) is 0 Å². The molecule has 0 unspecified atom stereocenters. The summed E-state index contributed by atoms with van der Waals surface area (Å²) in [7, 11) is 0. The Labute approximate surface area is 194 Å². The van der Waals surface area contributed by atoms with Crippen LogP contribution in [0.3, 0.4) is 0 Å². The Balaban J connectivity index is 1.31. The van der Waals surface area contributed by atoms with E-state index < -0.39 is 11.6 Å². The molecule has 1 N–H and O–H groups in total. The molecule has 0 spiro atoms. The Morgan fingerprint density at radius 3 is 2.53 bits per heavy atom. The summed E-state index contributed by atoms with van der Waals surface area (Å²) in [4.78, 5) is 12.3. The molecule has 9 heteroatoms. The van der Waals surface area contributed by atoms with Gasteiger partial charge in [-0.1, -0.05) is 12.1 Å². The largest absolute Gasteiger partial charge is 0.352 e. The second-order valence-electron chi connectivity index (χ2n) is 8.32. The number of aryl methyl sites for hydroxylation is 3. The van der Waals surface area contributed by atoms with Crippen molar-refractivity contribution in [3.05, 3.63) is 89.0 Å². The van der Waals surface area contributed by atoms with E-state index in [1.165, 1.54) is 23.3 Å². The molecule has 0 saturated carbocycles. The fraction of sp³-hybridized carbons (Fsp3) is 0.200. The molecule has 5 aromatic rings. The lowest BCUT2D eigenvalue weighted by molar-refractivity contribution is -0.121. The minimum absolute atomic E-state index is 0.0474. The number of hydrogen-bond donors (Lipinski definition) is 1. The van der Waals surface area contributed by atoms with Crippen LogP contribution in [0.4, 0.5) is 8.78 Å². The molecule has 3 aromatic heterocycles. The van der Waals surface area contributed by atoms with E-state index in [1.807, 2.05) is 28.9 Å². The fourth-order valence-corrected chi connectivity index (χ4v) is 3.90. The third-order valence-electron chi connectivity index (χ3n) is 5.88. The number of halogens is 2. The maximum atomic E-state index is 13.3. The van der Waals surface area contributed by atoms with Crippen LogP contribution < -0.4 is 5.32 Å². The quantitative estimate of drug-likeness (QED) is 0.412. The molecule has 0 radical (unpaired) electrons. The average molecular weight is 460 g/mol. The zero-order valence-corrected chi connectivity index (χ0v) is 18.7. The minimum Gasteiger partial charge on any atom is -0.352 e. The van der Waals surface area contributed by atoms with Gasteiger partial charge in [0.2, 0.25) is 5.91 Å². The van der Waals surface area contributed by atoms with Gasteiger partial charge in [-0.25, -0.2) is 13.3 Å². The molecule has 5 rings (SSSR count). The van der Waals surface area contributed by atoms with Crippen molar-refractivity contribution in [1.29, 1.82) is 0 Å². The Morgan fingerprint density at radius 1 is 0.971 bits per heavy atom. The van der Waals surface area contributed by atoms with Gasteiger partial charge < -0.3 is 5.32 Å². The summed E-state index contributed by atoms with van der Waals surface area (Å²) in [6.07, 6.45) is 4.18. The predicted octanol–water partition coefficient (Wildman–Crippen LogP) is 4.19. The van der Waals surface area contributed by atoms with Crippen molar-refractivity contribution in [2.24, 2.45) is 0 Å². The lowest BCUT2D eigenvalue weighted by Crippen LogP contribution is -2.23. The minimum atomic E-state index is -0.675. The van der Waals surface area contributed by atoms with Crippen LogP contribution in [0, 0.1) is 25.5 Å². The van der Waals surface area contributed by atoms with E-state index in [2.05, 4.69) is 46.6 Å². The Hall–Kier alpha value is -4.14. The Morgan fingerprint density at radius 2 is 1.76 bits per heavy atom. The molecule has 0 atom stereocenters. The van der Waals surface area contributed by atoms with Gasteiger partial charge in [0, 0.05) is 43.4 Å². The number of carbonyl (C=O) groups is 1. The molecule has 3 heterocycles. The molecule has 0 saturated heterocycles. The van der Waals surface area contributed by atoms with Crippen molar-refractivity contribution >= 4 is 17.1 Å². The second kappa shape index (κ2) is 8.66. The van der Waals surface area contributed by atoms with Gasteiger partial charge in [-0.3, -0.25) is 9.20 Å². The average Bonchev–Trinajstić information content (AvgIpc) is 3.41. The maximum Gasteiger partial charge on any atom is 0.220 e. The number of hydrogen-bond acceptors (Lipinski definition) is 4. The molecule has 1 amide bonds. The summed E-state index contributed by atoms with van der Waals surface area (Å²) >= 11 is 0. The highest BCUT2D eigenvalue weighted by Crippen LogP contribution is 2.24. The highest BCUT2D eigenvalue weighted by molar-refractivity contribution is 5.77. The third kappa shape index (κ3) is 4.24. The molecular weight excluding hydrogens is 438 g/mol. The van der Waals surface area contributed by atoms with Crippen LogP contribution in [-0.4, -0.2) is 30.1 Å². The highest BCUT2D eigenvalue weighted by atomic mass is 19.1. The SMILES string of the molecule is Cc1ccc(-c2cc3c4nnc(CCC(=O)NCc5cc(F)cc(F)c5)n4ccn3n2)cc1C. The first kappa shape index (κ1) is 21.7. The topological polar surface area (TPSA) is 76.6 Å². The van der Waals surface area contributed by atoms with E-state index >= 15 is 0 Å². The van der Waals surface area contributed by atoms with E-state index in [1.54, 1.807) is 4.52 Å². The highest BCUT2D eigenvalue weighted by Gasteiger charge is 2.14. The first-order chi connectivity index (χ1) is 16.4. The van der Waals surface area contributed by atoms with Crippen molar-refractivity contribution in [3.8, 4) is 11.3 Å². The van der Waals surface area contributed by atoms with Crippen molar-refractivity contribution in [1.82, 2.24) is 29.5 Å². The number of rotatable bonds is 6. The van der Waals surface area contributed by atoms with Gasteiger partial charge in [-0.15, -0.1) is 10.2 Å². The van der Waals surface area contributed by atoms with Gasteiger partial charge in [-0.2, -0.15) is 5.10 Å². The summed E-state index contributed by atoms with van der Waals surface area (Å²) in [6.45, 7) is 4.20. The number of fused-ring (bicyclic) bond motifs is 3.